The summed E-state index contributed by atoms with van der Waals surface area (Å²) in [4.78, 5) is 29.2. The Balaban J connectivity index is 1.96. The summed E-state index contributed by atoms with van der Waals surface area (Å²) < 4.78 is 5.54. The molecule has 0 saturated carbocycles. The number of hydrogen-bond donors (Lipinski definition) is 1. The molecule has 0 bridgehead atoms. The second-order valence-corrected chi connectivity index (χ2v) is 11.0. The maximum Gasteiger partial charge on any atom is 0.300 e. The maximum atomic E-state index is 13.4. The molecule has 1 aliphatic heterocycles. The lowest BCUT2D eigenvalue weighted by Gasteiger charge is -2.26. The van der Waals surface area contributed by atoms with Crippen molar-refractivity contribution in [2.45, 2.75) is 53.0 Å². The molecule has 1 unspecified atom stereocenters. The van der Waals surface area contributed by atoms with Crippen LogP contribution in [0.4, 0.5) is 5.69 Å². The highest BCUT2D eigenvalue weighted by atomic mass is 32.1. The molecule has 0 aliphatic carbocycles. The summed E-state index contributed by atoms with van der Waals surface area (Å²) in [6.45, 7) is 12.1. The van der Waals surface area contributed by atoms with Crippen molar-refractivity contribution in [1.82, 2.24) is 0 Å². The fourth-order valence-corrected chi connectivity index (χ4v) is 5.51. The number of methoxy groups -OCH3 is 1. The number of ether oxygens (including phenoxy) is 1. The Morgan fingerprint density at radius 1 is 0.971 bits per heavy atom. The molecule has 5 nitrogen and oxygen atoms in total. The van der Waals surface area contributed by atoms with E-state index in [4.69, 9.17) is 4.74 Å². The van der Waals surface area contributed by atoms with E-state index in [2.05, 4.69) is 20.8 Å². The average molecular weight is 490 g/mol. The lowest BCUT2D eigenvalue weighted by molar-refractivity contribution is -0.132. The van der Waals surface area contributed by atoms with Crippen molar-refractivity contribution in [2.75, 3.05) is 12.0 Å². The molecule has 182 valence electrons. The smallest absolute Gasteiger partial charge is 0.300 e. The fourth-order valence-electron chi connectivity index (χ4n) is 4.48. The first-order valence-corrected chi connectivity index (χ1v) is 12.4. The van der Waals surface area contributed by atoms with Crippen LogP contribution in [0.1, 0.15) is 59.5 Å². The molecule has 0 radical (unpaired) electrons. The van der Waals surface area contributed by atoms with Crippen LogP contribution in [0.5, 0.6) is 5.75 Å². The van der Waals surface area contributed by atoms with Crippen LogP contribution in [0.25, 0.3) is 5.76 Å². The quantitative estimate of drug-likeness (QED) is 0.255. The fraction of sp³-hybridized carbons (Fsp3) is 0.310. The van der Waals surface area contributed by atoms with E-state index in [0.717, 1.165) is 27.1 Å². The molecule has 3 aromatic rings. The van der Waals surface area contributed by atoms with E-state index in [1.54, 1.807) is 19.2 Å². The number of aliphatic hydroxyl groups is 1. The highest BCUT2D eigenvalue weighted by Crippen LogP contribution is 2.45. The first-order valence-electron chi connectivity index (χ1n) is 11.6. The number of carbonyl (C=O) groups excluding carboxylic acids is 2. The van der Waals surface area contributed by atoms with Crippen LogP contribution in [0, 0.1) is 20.8 Å². The summed E-state index contributed by atoms with van der Waals surface area (Å²) in [7, 11) is 1.61. The van der Waals surface area contributed by atoms with Gasteiger partial charge in [-0.1, -0.05) is 26.8 Å². The van der Waals surface area contributed by atoms with Crippen LogP contribution in [-0.2, 0) is 15.0 Å². The van der Waals surface area contributed by atoms with Gasteiger partial charge in [0, 0.05) is 21.7 Å². The summed E-state index contributed by atoms with van der Waals surface area (Å²) in [5.74, 6) is -0.806. The van der Waals surface area contributed by atoms with Crippen molar-refractivity contribution in [2.24, 2.45) is 0 Å². The first-order chi connectivity index (χ1) is 16.5. The molecule has 1 aromatic heterocycles. The molecule has 1 amide bonds. The van der Waals surface area contributed by atoms with Gasteiger partial charge in [0.25, 0.3) is 11.7 Å². The molecule has 6 heteroatoms. The van der Waals surface area contributed by atoms with Crippen molar-refractivity contribution >= 4 is 34.5 Å². The molecular weight excluding hydrogens is 458 g/mol. The normalized spacial score (nSPS) is 17.8. The summed E-state index contributed by atoms with van der Waals surface area (Å²) in [6.07, 6.45) is 0. The van der Waals surface area contributed by atoms with Crippen molar-refractivity contribution < 1.29 is 19.4 Å². The van der Waals surface area contributed by atoms with Gasteiger partial charge in [0.15, 0.2) is 0 Å². The zero-order valence-corrected chi connectivity index (χ0v) is 22.0. The molecule has 4 rings (SSSR count). The third kappa shape index (κ3) is 4.27. The lowest BCUT2D eigenvalue weighted by Crippen LogP contribution is -2.29. The van der Waals surface area contributed by atoms with Gasteiger partial charge in [-0.2, -0.15) is 0 Å². The molecule has 1 fully saturated rings. The third-order valence-electron chi connectivity index (χ3n) is 6.64. The van der Waals surface area contributed by atoms with Crippen LogP contribution in [-0.4, -0.2) is 23.9 Å². The van der Waals surface area contributed by atoms with Crippen molar-refractivity contribution in [1.29, 1.82) is 0 Å². The first kappa shape index (κ1) is 24.7. The Labute approximate surface area is 210 Å². The molecular formula is C29H31NO4S. The number of benzene rings is 2. The van der Waals surface area contributed by atoms with E-state index in [9.17, 15) is 14.7 Å². The van der Waals surface area contributed by atoms with Crippen molar-refractivity contribution in [3.8, 4) is 5.75 Å². The molecule has 1 N–H and O–H groups in total. The number of thiophene rings is 1. The Hall–Kier alpha value is -3.38. The van der Waals surface area contributed by atoms with E-state index >= 15 is 0 Å². The molecule has 1 atom stereocenters. The second kappa shape index (κ2) is 9.00. The molecule has 2 heterocycles. The highest BCUT2D eigenvalue weighted by molar-refractivity contribution is 7.10. The van der Waals surface area contributed by atoms with Gasteiger partial charge in [0.2, 0.25) is 0 Å². The number of amides is 1. The molecule has 1 aliphatic rings. The van der Waals surface area contributed by atoms with E-state index in [-0.39, 0.29) is 16.7 Å². The van der Waals surface area contributed by atoms with Crippen molar-refractivity contribution in [3.05, 3.63) is 86.1 Å². The molecule has 35 heavy (non-hydrogen) atoms. The van der Waals surface area contributed by atoms with E-state index in [1.807, 2.05) is 56.5 Å². The molecule has 2 aromatic carbocycles. The predicted molar refractivity (Wildman–Crippen MR) is 141 cm³/mol. The van der Waals surface area contributed by atoms with E-state index in [0.29, 0.717) is 17.0 Å². The summed E-state index contributed by atoms with van der Waals surface area (Å²) >= 11 is 1.48. The topological polar surface area (TPSA) is 66.8 Å². The Morgan fingerprint density at radius 3 is 2.26 bits per heavy atom. The monoisotopic (exact) mass is 489 g/mol. The number of nitrogens with zero attached hydrogens (tertiary/aromatic N) is 1. The summed E-state index contributed by atoms with van der Waals surface area (Å²) in [6, 6.07) is 12.3. The third-order valence-corrected chi connectivity index (χ3v) is 7.72. The predicted octanol–water partition coefficient (Wildman–Crippen LogP) is 6.61. The van der Waals surface area contributed by atoms with Gasteiger partial charge in [-0.15, -0.1) is 11.3 Å². The van der Waals surface area contributed by atoms with E-state index in [1.165, 1.54) is 16.2 Å². The zero-order valence-electron chi connectivity index (χ0n) is 21.2. The summed E-state index contributed by atoms with van der Waals surface area (Å²) in [5.41, 5.74) is 4.95. The number of hydrogen-bond acceptors (Lipinski definition) is 5. The average Bonchev–Trinajstić information content (AvgIpc) is 3.34. The van der Waals surface area contributed by atoms with Crippen LogP contribution in [0.2, 0.25) is 0 Å². The number of anilines is 1. The standard InChI is InChI=1S/C29H31NO4S/c1-16-8-10-20(14-18(16)3)30-24(27-17(2)12-13-35-27)23(26(32)28(30)33)25(31)19-9-11-22(34-7)21(15-19)29(4,5)6/h8-15,24,31H,1-7H3/b25-23-. The molecule has 1 saturated heterocycles. The van der Waals surface area contributed by atoms with Gasteiger partial charge in [-0.3, -0.25) is 14.5 Å². The summed E-state index contributed by atoms with van der Waals surface area (Å²) in [5, 5.41) is 13.5. The largest absolute Gasteiger partial charge is 0.507 e. The lowest BCUT2D eigenvalue weighted by atomic mass is 9.84. The Kier molecular flexibility index (Phi) is 6.36. The SMILES string of the molecule is COc1ccc(/C(O)=C2/C(=O)C(=O)N(c3ccc(C)c(C)c3)C2c2sccc2C)cc1C(C)(C)C. The van der Waals surface area contributed by atoms with Gasteiger partial charge in [0.1, 0.15) is 17.6 Å². The van der Waals surface area contributed by atoms with Gasteiger partial charge in [-0.05, 0) is 84.7 Å². The number of carbonyl (C=O) groups is 2. The van der Waals surface area contributed by atoms with Crippen LogP contribution in [0.15, 0.2) is 53.4 Å². The van der Waals surface area contributed by atoms with Gasteiger partial charge in [-0.25, -0.2) is 0 Å². The Morgan fingerprint density at radius 2 is 1.69 bits per heavy atom. The van der Waals surface area contributed by atoms with E-state index < -0.39 is 17.7 Å². The number of aliphatic hydroxyl groups excluding tert-OH is 1. The number of Topliss-reactive ketones (excluding diaryl/α,β-unsaturated/α-hetero) is 1. The van der Waals surface area contributed by atoms with Crippen LogP contribution in [0.3, 0.4) is 0 Å². The minimum Gasteiger partial charge on any atom is -0.507 e. The number of rotatable bonds is 4. The van der Waals surface area contributed by atoms with Crippen LogP contribution >= 0.6 is 11.3 Å². The maximum absolute atomic E-state index is 13.4. The zero-order chi connectivity index (χ0) is 25.7. The van der Waals surface area contributed by atoms with Gasteiger partial charge < -0.3 is 9.84 Å². The van der Waals surface area contributed by atoms with Gasteiger partial charge >= 0.3 is 0 Å². The van der Waals surface area contributed by atoms with Gasteiger partial charge in [0.05, 0.1) is 12.7 Å². The highest BCUT2D eigenvalue weighted by Gasteiger charge is 2.48. The number of aryl methyl sites for hydroxylation is 3. The van der Waals surface area contributed by atoms with Crippen LogP contribution < -0.4 is 9.64 Å². The minimum absolute atomic E-state index is 0.101. The van der Waals surface area contributed by atoms with Crippen molar-refractivity contribution in [3.63, 3.8) is 0 Å². The Bertz CT molecular complexity index is 1360. The second-order valence-electron chi connectivity index (χ2n) is 10.1. The minimum atomic E-state index is -0.711. The molecule has 0 spiro atoms. The number of ketones is 1.